The topological polar surface area (TPSA) is 37.3 Å². The van der Waals surface area contributed by atoms with E-state index in [1.54, 1.807) is 0 Å². The predicted octanol–water partition coefficient (Wildman–Crippen LogP) is 3.51. The van der Waals surface area contributed by atoms with Gasteiger partial charge in [0.15, 0.2) is 0 Å². The van der Waals surface area contributed by atoms with Crippen LogP contribution in [0.15, 0.2) is 30.3 Å². The fraction of sp³-hybridized carbons (Fsp3) is 0.533. The SMILES string of the molecule is CCCCCC(=O)C(C)C(O)c1ccccc1. The van der Waals surface area contributed by atoms with Crippen molar-refractivity contribution in [1.29, 1.82) is 0 Å². The van der Waals surface area contributed by atoms with E-state index in [4.69, 9.17) is 0 Å². The Morgan fingerprint density at radius 2 is 1.88 bits per heavy atom. The average molecular weight is 234 g/mol. The van der Waals surface area contributed by atoms with Gasteiger partial charge in [-0.05, 0) is 12.0 Å². The molecule has 2 unspecified atom stereocenters. The maximum absolute atomic E-state index is 11.9. The van der Waals surface area contributed by atoms with Crippen molar-refractivity contribution in [3.8, 4) is 0 Å². The van der Waals surface area contributed by atoms with Crippen LogP contribution in [-0.2, 0) is 4.79 Å². The molecule has 0 saturated heterocycles. The number of aliphatic hydroxyl groups is 1. The number of unbranched alkanes of at least 4 members (excludes halogenated alkanes) is 2. The van der Waals surface area contributed by atoms with Gasteiger partial charge in [-0.3, -0.25) is 4.79 Å². The third kappa shape index (κ3) is 4.31. The zero-order valence-electron chi connectivity index (χ0n) is 10.7. The van der Waals surface area contributed by atoms with Crippen molar-refractivity contribution in [3.05, 3.63) is 35.9 Å². The van der Waals surface area contributed by atoms with Crippen LogP contribution >= 0.6 is 0 Å². The smallest absolute Gasteiger partial charge is 0.138 e. The molecule has 1 rings (SSSR count). The van der Waals surface area contributed by atoms with Crippen LogP contribution in [-0.4, -0.2) is 10.9 Å². The van der Waals surface area contributed by atoms with Gasteiger partial charge in [0.25, 0.3) is 0 Å². The molecule has 0 aliphatic carbocycles. The number of rotatable bonds is 7. The summed E-state index contributed by atoms with van der Waals surface area (Å²) >= 11 is 0. The first-order valence-corrected chi connectivity index (χ1v) is 6.42. The van der Waals surface area contributed by atoms with Crippen molar-refractivity contribution < 1.29 is 9.90 Å². The highest BCUT2D eigenvalue weighted by molar-refractivity contribution is 5.81. The molecule has 1 aromatic rings. The average Bonchev–Trinajstić information content (AvgIpc) is 2.38. The Morgan fingerprint density at radius 1 is 1.24 bits per heavy atom. The Labute approximate surface area is 104 Å². The standard InChI is InChI=1S/C15H22O2/c1-3-4-6-11-14(16)12(2)15(17)13-9-7-5-8-10-13/h5,7-10,12,15,17H,3-4,6,11H2,1-2H3. The van der Waals surface area contributed by atoms with Crippen LogP contribution in [0.5, 0.6) is 0 Å². The minimum Gasteiger partial charge on any atom is -0.388 e. The number of aliphatic hydroxyl groups excluding tert-OH is 1. The van der Waals surface area contributed by atoms with Crippen LogP contribution < -0.4 is 0 Å². The van der Waals surface area contributed by atoms with Gasteiger partial charge in [-0.1, -0.05) is 57.0 Å². The second-order valence-corrected chi connectivity index (χ2v) is 4.57. The lowest BCUT2D eigenvalue weighted by Gasteiger charge is -2.18. The van der Waals surface area contributed by atoms with E-state index in [0.29, 0.717) is 6.42 Å². The van der Waals surface area contributed by atoms with E-state index in [1.807, 2.05) is 37.3 Å². The molecule has 17 heavy (non-hydrogen) atoms. The molecular weight excluding hydrogens is 212 g/mol. The maximum atomic E-state index is 11.9. The Balaban J connectivity index is 2.51. The van der Waals surface area contributed by atoms with Gasteiger partial charge in [-0.2, -0.15) is 0 Å². The first-order valence-electron chi connectivity index (χ1n) is 6.42. The molecule has 0 amide bonds. The summed E-state index contributed by atoms with van der Waals surface area (Å²) in [5.74, 6) is -0.149. The highest BCUT2D eigenvalue weighted by atomic mass is 16.3. The molecule has 0 aliphatic rings. The van der Waals surface area contributed by atoms with Crippen LogP contribution in [0, 0.1) is 5.92 Å². The summed E-state index contributed by atoms with van der Waals surface area (Å²) in [6.45, 7) is 3.93. The van der Waals surface area contributed by atoms with Gasteiger partial charge in [-0.15, -0.1) is 0 Å². The Hall–Kier alpha value is -1.15. The molecule has 0 fully saturated rings. The van der Waals surface area contributed by atoms with Gasteiger partial charge in [0.1, 0.15) is 5.78 Å². The minimum absolute atomic E-state index is 0.162. The molecule has 2 nitrogen and oxygen atoms in total. The van der Waals surface area contributed by atoms with Crippen LogP contribution in [0.4, 0.5) is 0 Å². The van der Waals surface area contributed by atoms with E-state index < -0.39 is 6.10 Å². The Kier molecular flexibility index (Phi) is 5.92. The number of ketones is 1. The van der Waals surface area contributed by atoms with Gasteiger partial charge in [-0.25, -0.2) is 0 Å². The lowest BCUT2D eigenvalue weighted by atomic mass is 9.91. The van der Waals surface area contributed by atoms with Crippen molar-refractivity contribution in [2.24, 2.45) is 5.92 Å². The third-order valence-electron chi connectivity index (χ3n) is 3.15. The molecule has 0 spiro atoms. The number of benzene rings is 1. The summed E-state index contributed by atoms with van der Waals surface area (Å²) in [5.41, 5.74) is 0.823. The van der Waals surface area contributed by atoms with Gasteiger partial charge in [0.05, 0.1) is 6.10 Å². The van der Waals surface area contributed by atoms with E-state index in [2.05, 4.69) is 6.92 Å². The van der Waals surface area contributed by atoms with Crippen LogP contribution in [0.25, 0.3) is 0 Å². The summed E-state index contributed by atoms with van der Waals surface area (Å²) in [6, 6.07) is 9.39. The van der Waals surface area contributed by atoms with E-state index in [-0.39, 0.29) is 11.7 Å². The number of carbonyl (C=O) groups is 1. The Bertz CT molecular complexity index is 332. The first kappa shape index (κ1) is 13.9. The molecule has 94 valence electrons. The second-order valence-electron chi connectivity index (χ2n) is 4.57. The maximum Gasteiger partial charge on any atom is 0.138 e. The van der Waals surface area contributed by atoms with Gasteiger partial charge in [0.2, 0.25) is 0 Å². The van der Waals surface area contributed by atoms with Crippen LogP contribution in [0.1, 0.15) is 51.2 Å². The minimum atomic E-state index is -0.676. The van der Waals surface area contributed by atoms with Crippen molar-refractivity contribution in [1.82, 2.24) is 0 Å². The summed E-state index contributed by atoms with van der Waals surface area (Å²) in [7, 11) is 0. The number of carbonyl (C=O) groups excluding carboxylic acids is 1. The molecule has 0 heterocycles. The monoisotopic (exact) mass is 234 g/mol. The predicted molar refractivity (Wildman–Crippen MR) is 69.7 cm³/mol. The highest BCUT2D eigenvalue weighted by Crippen LogP contribution is 2.23. The van der Waals surface area contributed by atoms with Gasteiger partial charge < -0.3 is 5.11 Å². The molecule has 2 atom stereocenters. The molecule has 1 aromatic carbocycles. The summed E-state index contributed by atoms with van der Waals surface area (Å²) < 4.78 is 0. The summed E-state index contributed by atoms with van der Waals surface area (Å²) in [5, 5.41) is 10.1. The number of hydrogen-bond acceptors (Lipinski definition) is 2. The number of hydrogen-bond donors (Lipinski definition) is 1. The van der Waals surface area contributed by atoms with Gasteiger partial charge >= 0.3 is 0 Å². The molecule has 0 radical (unpaired) electrons. The summed E-state index contributed by atoms with van der Waals surface area (Å²) in [6.07, 6.45) is 3.04. The largest absolute Gasteiger partial charge is 0.388 e. The first-order chi connectivity index (χ1) is 8.16. The fourth-order valence-corrected chi connectivity index (χ4v) is 1.89. The number of Topliss-reactive ketones (excluding diaryl/α,β-unsaturated/α-hetero) is 1. The van der Waals surface area contributed by atoms with Gasteiger partial charge in [0, 0.05) is 12.3 Å². The normalized spacial score (nSPS) is 14.3. The molecule has 0 saturated carbocycles. The van der Waals surface area contributed by atoms with Crippen LogP contribution in [0.2, 0.25) is 0 Å². The van der Waals surface area contributed by atoms with Crippen molar-refractivity contribution in [2.75, 3.05) is 0 Å². The lowest BCUT2D eigenvalue weighted by Crippen LogP contribution is -2.19. The molecule has 0 aliphatic heterocycles. The quantitative estimate of drug-likeness (QED) is 0.733. The van der Waals surface area contributed by atoms with E-state index in [0.717, 1.165) is 24.8 Å². The second kappa shape index (κ2) is 7.23. The van der Waals surface area contributed by atoms with Crippen molar-refractivity contribution in [2.45, 2.75) is 45.6 Å². The molecule has 1 N–H and O–H groups in total. The third-order valence-corrected chi connectivity index (χ3v) is 3.15. The Morgan fingerprint density at radius 3 is 2.47 bits per heavy atom. The van der Waals surface area contributed by atoms with Crippen molar-refractivity contribution in [3.63, 3.8) is 0 Å². The zero-order chi connectivity index (χ0) is 12.7. The van der Waals surface area contributed by atoms with E-state index in [9.17, 15) is 9.90 Å². The fourth-order valence-electron chi connectivity index (χ4n) is 1.89. The molecule has 0 bridgehead atoms. The highest BCUT2D eigenvalue weighted by Gasteiger charge is 2.22. The zero-order valence-corrected chi connectivity index (χ0v) is 10.7. The molecule has 2 heteroatoms. The molecular formula is C15H22O2. The van der Waals surface area contributed by atoms with Crippen molar-refractivity contribution >= 4 is 5.78 Å². The van der Waals surface area contributed by atoms with E-state index in [1.165, 1.54) is 0 Å². The lowest BCUT2D eigenvalue weighted by molar-refractivity contribution is -0.125. The van der Waals surface area contributed by atoms with Crippen LogP contribution in [0.3, 0.4) is 0 Å². The van der Waals surface area contributed by atoms with E-state index >= 15 is 0 Å². The summed E-state index contributed by atoms with van der Waals surface area (Å²) in [4.78, 5) is 11.9. The molecule has 0 aromatic heterocycles.